The molecule has 3 aromatic rings. The van der Waals surface area contributed by atoms with Gasteiger partial charge in [0.2, 0.25) is 0 Å². The molecule has 0 fully saturated rings. The Morgan fingerprint density at radius 2 is 1.70 bits per heavy atom. The molecule has 0 radical (unpaired) electrons. The van der Waals surface area contributed by atoms with Crippen molar-refractivity contribution in [2.75, 3.05) is 5.43 Å². The number of nitrogens with zero attached hydrogens (tertiary/aromatic N) is 1. The highest BCUT2D eigenvalue weighted by Gasteiger charge is 2.03. The molecule has 0 unspecified atom stereocenters. The third-order valence-corrected chi connectivity index (χ3v) is 3.63. The lowest BCUT2D eigenvalue weighted by Gasteiger charge is -2.06. The van der Waals surface area contributed by atoms with Crippen LogP contribution in [0.15, 0.2) is 71.8 Å². The van der Waals surface area contributed by atoms with Gasteiger partial charge in [-0.25, -0.2) is 4.79 Å². The second-order valence-electron chi connectivity index (χ2n) is 5.26. The third-order valence-electron chi connectivity index (χ3n) is 3.63. The summed E-state index contributed by atoms with van der Waals surface area (Å²) in [5.74, 6) is -0.955. The zero-order valence-electron chi connectivity index (χ0n) is 12.7. The predicted octanol–water partition coefficient (Wildman–Crippen LogP) is 4.37. The Labute approximate surface area is 134 Å². The molecule has 0 bridgehead atoms. The molecule has 23 heavy (non-hydrogen) atoms. The summed E-state index contributed by atoms with van der Waals surface area (Å²) >= 11 is 0. The van der Waals surface area contributed by atoms with Crippen LogP contribution in [0.2, 0.25) is 0 Å². The molecule has 114 valence electrons. The van der Waals surface area contributed by atoms with Gasteiger partial charge in [0.15, 0.2) is 0 Å². The summed E-state index contributed by atoms with van der Waals surface area (Å²) in [6.07, 6.45) is 0. The number of carboxylic acid groups (broad SMARTS) is 1. The minimum absolute atomic E-state index is 0.230. The van der Waals surface area contributed by atoms with E-state index in [4.69, 9.17) is 5.11 Å². The minimum Gasteiger partial charge on any atom is -0.478 e. The Kier molecular flexibility index (Phi) is 4.06. The van der Waals surface area contributed by atoms with Gasteiger partial charge < -0.3 is 5.11 Å². The minimum atomic E-state index is -0.955. The van der Waals surface area contributed by atoms with Crippen LogP contribution < -0.4 is 5.43 Å². The number of benzene rings is 3. The Morgan fingerprint density at radius 1 is 0.913 bits per heavy atom. The molecule has 0 aliphatic rings. The van der Waals surface area contributed by atoms with E-state index in [2.05, 4.69) is 34.8 Å². The van der Waals surface area contributed by atoms with Gasteiger partial charge in [-0.2, -0.15) is 5.10 Å². The van der Waals surface area contributed by atoms with E-state index in [0.29, 0.717) is 5.69 Å². The molecule has 0 amide bonds. The number of carbonyl (C=O) groups is 1. The molecule has 0 saturated heterocycles. The van der Waals surface area contributed by atoms with Crippen LogP contribution in [0, 0.1) is 0 Å². The predicted molar refractivity (Wildman–Crippen MR) is 93.2 cm³/mol. The van der Waals surface area contributed by atoms with Crippen molar-refractivity contribution in [3.8, 4) is 0 Å². The van der Waals surface area contributed by atoms with Crippen LogP contribution >= 0.6 is 0 Å². The van der Waals surface area contributed by atoms with E-state index in [1.54, 1.807) is 24.3 Å². The van der Waals surface area contributed by atoms with E-state index in [9.17, 15) is 4.79 Å². The fourth-order valence-electron chi connectivity index (χ4n) is 2.35. The van der Waals surface area contributed by atoms with Crippen LogP contribution in [0.1, 0.15) is 22.8 Å². The summed E-state index contributed by atoms with van der Waals surface area (Å²) in [7, 11) is 0. The lowest BCUT2D eigenvalue weighted by molar-refractivity contribution is 0.0697. The van der Waals surface area contributed by atoms with Crippen LogP contribution in [0.5, 0.6) is 0 Å². The number of anilines is 1. The average molecular weight is 304 g/mol. The smallest absolute Gasteiger partial charge is 0.335 e. The first-order valence-electron chi connectivity index (χ1n) is 7.26. The number of hydrogen-bond donors (Lipinski definition) is 2. The van der Waals surface area contributed by atoms with E-state index >= 15 is 0 Å². The van der Waals surface area contributed by atoms with Crippen LogP contribution in [0.25, 0.3) is 10.8 Å². The highest BCUT2D eigenvalue weighted by molar-refractivity contribution is 6.02. The first-order chi connectivity index (χ1) is 11.1. The number of rotatable bonds is 4. The van der Waals surface area contributed by atoms with E-state index in [1.165, 1.54) is 5.39 Å². The zero-order chi connectivity index (χ0) is 16.2. The number of carboxylic acids is 1. The quantitative estimate of drug-likeness (QED) is 0.555. The first kappa shape index (κ1) is 14.8. The number of fused-ring (bicyclic) bond motifs is 1. The van der Waals surface area contributed by atoms with Crippen LogP contribution in [0.4, 0.5) is 5.69 Å². The molecular formula is C19H16N2O2. The van der Waals surface area contributed by atoms with Gasteiger partial charge in [-0.15, -0.1) is 0 Å². The Morgan fingerprint density at radius 3 is 2.48 bits per heavy atom. The maximum atomic E-state index is 11.0. The zero-order valence-corrected chi connectivity index (χ0v) is 12.7. The second-order valence-corrected chi connectivity index (χ2v) is 5.26. The fourth-order valence-corrected chi connectivity index (χ4v) is 2.35. The van der Waals surface area contributed by atoms with Crippen molar-refractivity contribution in [2.24, 2.45) is 5.10 Å². The maximum Gasteiger partial charge on any atom is 0.335 e. The van der Waals surface area contributed by atoms with E-state index in [0.717, 1.165) is 16.7 Å². The lowest BCUT2D eigenvalue weighted by Crippen LogP contribution is -2.01. The molecule has 3 rings (SSSR count). The lowest BCUT2D eigenvalue weighted by atomic mass is 10.0. The molecule has 2 N–H and O–H groups in total. The molecule has 3 aromatic carbocycles. The molecule has 4 heteroatoms. The fraction of sp³-hybridized carbons (Fsp3) is 0.0526. The van der Waals surface area contributed by atoms with Gasteiger partial charge in [0.25, 0.3) is 0 Å². The van der Waals surface area contributed by atoms with Gasteiger partial charge in [0.1, 0.15) is 0 Å². The van der Waals surface area contributed by atoms with Crippen LogP contribution in [-0.2, 0) is 0 Å². The maximum absolute atomic E-state index is 11.0. The molecule has 0 saturated carbocycles. The van der Waals surface area contributed by atoms with Crippen molar-refractivity contribution in [3.05, 3.63) is 77.9 Å². The molecule has 0 atom stereocenters. The molecule has 4 nitrogen and oxygen atoms in total. The Bertz CT molecular complexity index is 901. The van der Waals surface area contributed by atoms with Gasteiger partial charge in [-0.1, -0.05) is 42.5 Å². The molecule has 0 heterocycles. The van der Waals surface area contributed by atoms with Gasteiger partial charge in [0.05, 0.1) is 17.0 Å². The third kappa shape index (κ3) is 3.37. The van der Waals surface area contributed by atoms with Crippen molar-refractivity contribution < 1.29 is 9.90 Å². The topological polar surface area (TPSA) is 61.7 Å². The number of aromatic carboxylic acids is 1. The van der Waals surface area contributed by atoms with Crippen molar-refractivity contribution in [2.45, 2.75) is 6.92 Å². The van der Waals surface area contributed by atoms with Gasteiger partial charge in [-0.05, 0) is 47.5 Å². The highest BCUT2D eigenvalue weighted by atomic mass is 16.4. The number of hydrogen-bond acceptors (Lipinski definition) is 3. The number of hydrazone groups is 1. The summed E-state index contributed by atoms with van der Waals surface area (Å²) in [5, 5.41) is 15.7. The second kappa shape index (κ2) is 6.32. The molecule has 0 aliphatic carbocycles. The van der Waals surface area contributed by atoms with E-state index in [1.807, 2.05) is 25.1 Å². The summed E-state index contributed by atoms with van der Waals surface area (Å²) in [6, 6.07) is 20.9. The SMILES string of the molecule is C/C(=N/Nc1cccc(C(=O)O)c1)c1ccc2ccccc2c1. The van der Waals surface area contributed by atoms with Crippen LogP contribution in [0.3, 0.4) is 0 Å². The van der Waals surface area contributed by atoms with Gasteiger partial charge in [0, 0.05) is 0 Å². The van der Waals surface area contributed by atoms with Gasteiger partial charge in [-0.3, -0.25) is 5.43 Å². The Balaban J connectivity index is 1.83. The summed E-state index contributed by atoms with van der Waals surface area (Å²) < 4.78 is 0. The van der Waals surface area contributed by atoms with Crippen LogP contribution in [-0.4, -0.2) is 16.8 Å². The first-order valence-corrected chi connectivity index (χ1v) is 7.26. The molecule has 0 spiro atoms. The number of nitrogens with one attached hydrogen (secondary N) is 1. The summed E-state index contributed by atoms with van der Waals surface area (Å²) in [5.41, 5.74) is 5.63. The van der Waals surface area contributed by atoms with E-state index < -0.39 is 5.97 Å². The standard InChI is InChI=1S/C19H16N2O2/c1-13(15-10-9-14-5-2-3-6-16(14)11-15)20-21-18-8-4-7-17(12-18)19(22)23/h2-12,21H,1H3,(H,22,23)/b20-13-. The molecule has 0 aliphatic heterocycles. The molecular weight excluding hydrogens is 288 g/mol. The highest BCUT2D eigenvalue weighted by Crippen LogP contribution is 2.17. The summed E-state index contributed by atoms with van der Waals surface area (Å²) in [6.45, 7) is 1.91. The van der Waals surface area contributed by atoms with Crippen molar-refractivity contribution in [1.29, 1.82) is 0 Å². The monoisotopic (exact) mass is 304 g/mol. The van der Waals surface area contributed by atoms with Crippen molar-refractivity contribution in [3.63, 3.8) is 0 Å². The van der Waals surface area contributed by atoms with Crippen molar-refractivity contribution >= 4 is 28.1 Å². The largest absolute Gasteiger partial charge is 0.478 e. The molecule has 0 aromatic heterocycles. The van der Waals surface area contributed by atoms with E-state index in [-0.39, 0.29) is 5.56 Å². The average Bonchev–Trinajstić information content (AvgIpc) is 2.59. The normalized spacial score (nSPS) is 11.4. The summed E-state index contributed by atoms with van der Waals surface area (Å²) in [4.78, 5) is 11.0. The van der Waals surface area contributed by atoms with Gasteiger partial charge >= 0.3 is 5.97 Å². The van der Waals surface area contributed by atoms with Crippen molar-refractivity contribution in [1.82, 2.24) is 0 Å². The Hall–Kier alpha value is -3.14.